The number of pyridine rings is 2. The maximum atomic E-state index is 13.1. The molecule has 0 saturated carbocycles. The lowest BCUT2D eigenvalue weighted by atomic mass is 9.94. The summed E-state index contributed by atoms with van der Waals surface area (Å²) >= 11 is 0. The Morgan fingerprint density at radius 3 is 2.63 bits per heavy atom. The third-order valence-corrected chi connectivity index (χ3v) is 7.24. The van der Waals surface area contributed by atoms with E-state index in [4.69, 9.17) is 4.74 Å². The number of aryl methyl sites for hydroxylation is 1. The van der Waals surface area contributed by atoms with Crippen molar-refractivity contribution in [3.8, 4) is 0 Å². The van der Waals surface area contributed by atoms with Crippen molar-refractivity contribution < 1.29 is 9.84 Å². The van der Waals surface area contributed by atoms with Crippen LogP contribution < -0.4 is 16.2 Å². The smallest absolute Gasteiger partial charge is 0.274 e. The van der Waals surface area contributed by atoms with Crippen LogP contribution in [-0.4, -0.2) is 27.9 Å². The van der Waals surface area contributed by atoms with Crippen molar-refractivity contribution in [2.75, 3.05) is 18.5 Å². The molecule has 7 heteroatoms. The molecule has 1 aliphatic rings. The highest BCUT2D eigenvalue weighted by Gasteiger charge is 2.38. The maximum Gasteiger partial charge on any atom is 0.274 e. The SMILES string of the molecule is CC/C(C)=C(/C=C\C(C)C)c1ccc2c(cc(Nc3ccc(C4(O)COC4)cn3)c(=O)n2C)c1P. The molecular formula is C28H34N3O3P. The minimum absolute atomic E-state index is 0.133. The maximum absolute atomic E-state index is 13.1. The number of rotatable bonds is 7. The summed E-state index contributed by atoms with van der Waals surface area (Å²) in [5.74, 6) is 0.994. The first-order valence-corrected chi connectivity index (χ1v) is 12.6. The largest absolute Gasteiger partial charge is 0.380 e. The molecule has 1 unspecified atom stereocenters. The third kappa shape index (κ3) is 4.97. The Bertz CT molecular complexity index is 1370. The molecule has 1 saturated heterocycles. The lowest BCUT2D eigenvalue weighted by molar-refractivity contribution is -0.184. The normalized spacial score (nSPS) is 16.0. The van der Waals surface area contributed by atoms with Crippen LogP contribution in [0, 0.1) is 5.92 Å². The summed E-state index contributed by atoms with van der Waals surface area (Å²) in [6.45, 7) is 9.23. The number of hydrogen-bond donors (Lipinski definition) is 2. The quantitative estimate of drug-likeness (QED) is 0.367. The van der Waals surface area contributed by atoms with Gasteiger partial charge in [-0.1, -0.05) is 50.6 Å². The van der Waals surface area contributed by atoms with Gasteiger partial charge in [0.05, 0.1) is 18.7 Å². The summed E-state index contributed by atoms with van der Waals surface area (Å²) < 4.78 is 6.79. The molecule has 0 aliphatic carbocycles. The van der Waals surface area contributed by atoms with Gasteiger partial charge in [0.15, 0.2) is 0 Å². The van der Waals surface area contributed by atoms with Gasteiger partial charge in [-0.25, -0.2) is 4.98 Å². The summed E-state index contributed by atoms with van der Waals surface area (Å²) in [5.41, 5.74) is 4.59. The van der Waals surface area contributed by atoms with Crippen molar-refractivity contribution in [3.63, 3.8) is 0 Å². The second-order valence-corrected chi connectivity index (χ2v) is 10.2. The molecule has 1 fully saturated rings. The molecule has 0 bridgehead atoms. The van der Waals surface area contributed by atoms with Gasteiger partial charge in [0.2, 0.25) is 0 Å². The third-order valence-electron chi connectivity index (χ3n) is 6.62. The van der Waals surface area contributed by atoms with Gasteiger partial charge in [0.1, 0.15) is 17.1 Å². The lowest BCUT2D eigenvalue weighted by Gasteiger charge is -2.36. The van der Waals surface area contributed by atoms with Gasteiger partial charge in [-0.15, -0.1) is 9.24 Å². The number of aliphatic hydroxyl groups is 1. The molecular weight excluding hydrogens is 457 g/mol. The van der Waals surface area contributed by atoms with Crippen LogP contribution in [0.1, 0.15) is 45.2 Å². The fourth-order valence-corrected chi connectivity index (χ4v) is 4.66. The Labute approximate surface area is 208 Å². The molecule has 1 aromatic carbocycles. The van der Waals surface area contributed by atoms with E-state index in [9.17, 15) is 9.90 Å². The Hall–Kier alpha value is -2.79. The molecule has 0 radical (unpaired) electrons. The number of anilines is 2. The first-order chi connectivity index (χ1) is 16.6. The molecule has 3 aromatic rings. The minimum Gasteiger partial charge on any atom is -0.380 e. The zero-order valence-electron chi connectivity index (χ0n) is 21.1. The van der Waals surface area contributed by atoms with Crippen LogP contribution in [-0.2, 0) is 17.4 Å². The highest BCUT2D eigenvalue weighted by Crippen LogP contribution is 2.30. The number of hydrogen-bond acceptors (Lipinski definition) is 5. The van der Waals surface area contributed by atoms with Gasteiger partial charge in [0.25, 0.3) is 5.56 Å². The van der Waals surface area contributed by atoms with Crippen molar-refractivity contribution in [1.29, 1.82) is 0 Å². The van der Waals surface area contributed by atoms with Gasteiger partial charge in [-0.3, -0.25) is 4.79 Å². The molecule has 184 valence electrons. The summed E-state index contributed by atoms with van der Waals surface area (Å²) in [7, 11) is 4.67. The Balaban J connectivity index is 1.77. The Morgan fingerprint density at radius 2 is 2.06 bits per heavy atom. The average Bonchev–Trinajstić information content (AvgIpc) is 2.82. The molecule has 3 heterocycles. The number of nitrogens with zero attached hydrogens (tertiary/aromatic N) is 2. The van der Waals surface area contributed by atoms with Gasteiger partial charge in [-0.2, -0.15) is 0 Å². The Kier molecular flexibility index (Phi) is 7.27. The zero-order valence-corrected chi connectivity index (χ0v) is 22.2. The van der Waals surface area contributed by atoms with Gasteiger partial charge in [0, 0.05) is 24.2 Å². The van der Waals surface area contributed by atoms with E-state index in [1.165, 1.54) is 11.1 Å². The second kappa shape index (κ2) is 10.1. The molecule has 2 aromatic heterocycles. The number of nitrogens with one attached hydrogen (secondary N) is 1. The molecule has 1 atom stereocenters. The van der Waals surface area contributed by atoms with Crippen molar-refractivity contribution in [2.45, 2.75) is 39.7 Å². The minimum atomic E-state index is -0.971. The van der Waals surface area contributed by atoms with Crippen molar-refractivity contribution in [2.24, 2.45) is 13.0 Å². The van der Waals surface area contributed by atoms with E-state index < -0.39 is 5.60 Å². The molecule has 0 amide bonds. The van der Waals surface area contributed by atoms with E-state index in [2.05, 4.69) is 65.5 Å². The second-order valence-electron chi connectivity index (χ2n) is 9.61. The van der Waals surface area contributed by atoms with Crippen LogP contribution in [0.25, 0.3) is 16.5 Å². The summed E-state index contributed by atoms with van der Waals surface area (Å²) in [6.07, 6.45) is 7.02. The van der Waals surface area contributed by atoms with Crippen molar-refractivity contribution in [1.82, 2.24) is 9.55 Å². The highest BCUT2D eigenvalue weighted by atomic mass is 31.0. The van der Waals surface area contributed by atoms with Crippen LogP contribution in [0.2, 0.25) is 0 Å². The van der Waals surface area contributed by atoms with E-state index in [0.29, 0.717) is 23.0 Å². The zero-order chi connectivity index (χ0) is 25.3. The van der Waals surface area contributed by atoms with E-state index in [-0.39, 0.29) is 18.8 Å². The van der Waals surface area contributed by atoms with Crippen molar-refractivity contribution in [3.05, 3.63) is 75.7 Å². The topological polar surface area (TPSA) is 76.4 Å². The predicted molar refractivity (Wildman–Crippen MR) is 148 cm³/mol. The molecule has 1 aliphatic heterocycles. The van der Waals surface area contributed by atoms with Gasteiger partial charge in [-0.05, 0) is 53.9 Å². The van der Waals surface area contributed by atoms with E-state index in [1.54, 1.807) is 23.9 Å². The van der Waals surface area contributed by atoms with Gasteiger partial charge < -0.3 is 19.7 Å². The van der Waals surface area contributed by atoms with Crippen LogP contribution in [0.4, 0.5) is 11.5 Å². The Morgan fingerprint density at radius 1 is 1.31 bits per heavy atom. The number of benzene rings is 1. The molecule has 35 heavy (non-hydrogen) atoms. The van der Waals surface area contributed by atoms with E-state index >= 15 is 0 Å². The summed E-state index contributed by atoms with van der Waals surface area (Å²) in [5, 5.41) is 15.6. The standard InChI is InChI=1S/C28H34N3O3P/c1-6-18(4)20(9-7-17(2)3)21-10-11-24-22(26(21)35)13-23(27(32)31(24)5)30-25-12-8-19(14-29-25)28(33)15-34-16-28/h7-14,17,33H,6,15-16,35H2,1-5H3,(H,29,30)/b9-7-,20-18-. The molecule has 2 N–H and O–H groups in total. The summed E-state index contributed by atoms with van der Waals surface area (Å²) in [6, 6.07) is 9.61. The highest BCUT2D eigenvalue weighted by molar-refractivity contribution is 7.28. The van der Waals surface area contributed by atoms with Crippen molar-refractivity contribution >= 4 is 42.5 Å². The molecule has 0 spiro atoms. The molecule has 4 rings (SSSR count). The lowest BCUT2D eigenvalue weighted by Crippen LogP contribution is -2.46. The molecule has 6 nitrogen and oxygen atoms in total. The van der Waals surface area contributed by atoms with Crippen LogP contribution >= 0.6 is 9.24 Å². The monoisotopic (exact) mass is 491 g/mol. The van der Waals surface area contributed by atoms with E-state index in [1.807, 2.05) is 18.2 Å². The number of aromatic nitrogens is 2. The fourth-order valence-electron chi connectivity index (χ4n) is 4.17. The number of allylic oxidation sites excluding steroid dienone is 4. The number of fused-ring (bicyclic) bond motifs is 1. The first kappa shape index (κ1) is 25.3. The number of ether oxygens (including phenoxy) is 1. The fraction of sp³-hybridized carbons (Fsp3) is 0.357. The van der Waals surface area contributed by atoms with Crippen LogP contribution in [0.3, 0.4) is 0 Å². The van der Waals surface area contributed by atoms with Gasteiger partial charge >= 0.3 is 0 Å². The van der Waals surface area contributed by atoms with E-state index in [0.717, 1.165) is 28.2 Å². The average molecular weight is 492 g/mol. The van der Waals surface area contributed by atoms with Crippen LogP contribution in [0.15, 0.2) is 59.0 Å². The first-order valence-electron chi connectivity index (χ1n) is 12.0. The summed E-state index contributed by atoms with van der Waals surface area (Å²) in [4.78, 5) is 17.5. The van der Waals surface area contributed by atoms with Crippen LogP contribution in [0.5, 0.6) is 0 Å². The predicted octanol–water partition coefficient (Wildman–Crippen LogP) is 4.79.